The summed E-state index contributed by atoms with van der Waals surface area (Å²) in [5.41, 5.74) is 7.28. The van der Waals surface area contributed by atoms with E-state index in [0.717, 1.165) is 17.9 Å². The molecule has 2 N–H and O–H groups in total. The summed E-state index contributed by atoms with van der Waals surface area (Å²) in [4.78, 5) is 10.1. The summed E-state index contributed by atoms with van der Waals surface area (Å²) in [6, 6.07) is 6.86. The Morgan fingerprint density at radius 2 is 2.06 bits per heavy atom. The highest BCUT2D eigenvalue weighted by Crippen LogP contribution is 2.40. The lowest BCUT2D eigenvalue weighted by molar-refractivity contribution is -0.384. The van der Waals surface area contributed by atoms with Gasteiger partial charge in [-0.05, 0) is 30.2 Å². The number of hydrogen-bond acceptors (Lipinski definition) is 3. The van der Waals surface area contributed by atoms with E-state index in [0.29, 0.717) is 5.92 Å². The summed E-state index contributed by atoms with van der Waals surface area (Å²) < 4.78 is 0. The van der Waals surface area contributed by atoms with Crippen molar-refractivity contribution in [3.63, 3.8) is 0 Å². The standard InChI is InChI=1S/C12H16N2O2/c1-8-6-11(8)12(13)7-9-2-4-10(5-3-9)14(15)16/h2-5,8,11-12H,6-7,13H2,1H3. The second-order valence-electron chi connectivity index (χ2n) is 4.67. The molecule has 0 spiro atoms. The molecule has 0 saturated heterocycles. The van der Waals surface area contributed by atoms with Crippen LogP contribution in [-0.2, 0) is 6.42 Å². The van der Waals surface area contributed by atoms with Gasteiger partial charge in [0.1, 0.15) is 0 Å². The zero-order chi connectivity index (χ0) is 11.7. The molecule has 0 aromatic heterocycles. The number of rotatable bonds is 4. The average molecular weight is 220 g/mol. The highest BCUT2D eigenvalue weighted by molar-refractivity contribution is 5.33. The Morgan fingerprint density at radius 1 is 1.50 bits per heavy atom. The molecule has 2 rings (SSSR count). The first-order valence-electron chi connectivity index (χ1n) is 5.57. The quantitative estimate of drug-likeness (QED) is 0.624. The number of nitrogens with zero attached hydrogens (tertiary/aromatic N) is 1. The molecule has 86 valence electrons. The smallest absolute Gasteiger partial charge is 0.269 e. The van der Waals surface area contributed by atoms with Gasteiger partial charge in [0.25, 0.3) is 5.69 Å². The van der Waals surface area contributed by atoms with Crippen LogP contribution in [0, 0.1) is 22.0 Å². The van der Waals surface area contributed by atoms with Crippen molar-refractivity contribution in [2.75, 3.05) is 0 Å². The van der Waals surface area contributed by atoms with Crippen molar-refractivity contribution in [2.45, 2.75) is 25.8 Å². The number of nitro groups is 1. The monoisotopic (exact) mass is 220 g/mol. The number of nitrogens with two attached hydrogens (primary N) is 1. The third kappa shape index (κ3) is 2.39. The van der Waals surface area contributed by atoms with Gasteiger partial charge in [0.05, 0.1) is 4.92 Å². The fourth-order valence-electron chi connectivity index (χ4n) is 2.12. The van der Waals surface area contributed by atoms with E-state index in [1.165, 1.54) is 6.42 Å². The van der Waals surface area contributed by atoms with Gasteiger partial charge in [-0.1, -0.05) is 19.1 Å². The summed E-state index contributed by atoms with van der Waals surface area (Å²) in [6.07, 6.45) is 2.03. The van der Waals surface area contributed by atoms with Crippen LogP contribution in [0.2, 0.25) is 0 Å². The van der Waals surface area contributed by atoms with E-state index in [9.17, 15) is 10.1 Å². The normalized spacial score (nSPS) is 25.1. The fraction of sp³-hybridized carbons (Fsp3) is 0.500. The van der Waals surface area contributed by atoms with Crippen molar-refractivity contribution >= 4 is 5.69 Å². The van der Waals surface area contributed by atoms with Crippen LogP contribution < -0.4 is 5.73 Å². The van der Waals surface area contributed by atoms with Crippen LogP contribution in [0.3, 0.4) is 0 Å². The van der Waals surface area contributed by atoms with Gasteiger partial charge >= 0.3 is 0 Å². The van der Waals surface area contributed by atoms with Crippen LogP contribution in [0.5, 0.6) is 0 Å². The lowest BCUT2D eigenvalue weighted by atomic mass is 10.0. The number of nitro benzene ring substituents is 1. The molecule has 0 aliphatic heterocycles. The molecule has 1 aromatic rings. The molecule has 0 heterocycles. The highest BCUT2D eigenvalue weighted by Gasteiger charge is 2.37. The molecule has 1 aromatic carbocycles. The third-order valence-corrected chi connectivity index (χ3v) is 3.34. The largest absolute Gasteiger partial charge is 0.327 e. The molecule has 1 aliphatic rings. The number of non-ortho nitro benzene ring substituents is 1. The number of benzene rings is 1. The Morgan fingerprint density at radius 3 is 2.50 bits per heavy atom. The topological polar surface area (TPSA) is 69.2 Å². The van der Waals surface area contributed by atoms with Gasteiger partial charge in [0, 0.05) is 18.2 Å². The van der Waals surface area contributed by atoms with Crippen LogP contribution in [-0.4, -0.2) is 11.0 Å². The molecule has 4 heteroatoms. The van der Waals surface area contributed by atoms with Gasteiger partial charge < -0.3 is 5.73 Å². The zero-order valence-corrected chi connectivity index (χ0v) is 9.30. The molecule has 3 unspecified atom stereocenters. The minimum absolute atomic E-state index is 0.136. The summed E-state index contributed by atoms with van der Waals surface area (Å²) >= 11 is 0. The Kier molecular flexibility index (Phi) is 2.92. The molecule has 1 aliphatic carbocycles. The lowest BCUT2D eigenvalue weighted by Crippen LogP contribution is -2.25. The predicted octanol–water partition coefficient (Wildman–Crippen LogP) is 2.12. The Labute approximate surface area is 94.6 Å². The van der Waals surface area contributed by atoms with Gasteiger partial charge in [-0.15, -0.1) is 0 Å². The summed E-state index contributed by atoms with van der Waals surface area (Å²) in [5.74, 6) is 1.38. The molecule has 3 atom stereocenters. The Hall–Kier alpha value is -1.42. The fourth-order valence-corrected chi connectivity index (χ4v) is 2.12. The van der Waals surface area contributed by atoms with Gasteiger partial charge in [-0.3, -0.25) is 10.1 Å². The van der Waals surface area contributed by atoms with Crippen LogP contribution in [0.25, 0.3) is 0 Å². The summed E-state index contributed by atoms with van der Waals surface area (Å²) in [7, 11) is 0. The molecule has 4 nitrogen and oxygen atoms in total. The van der Waals surface area contributed by atoms with E-state index >= 15 is 0 Å². The van der Waals surface area contributed by atoms with Crippen molar-refractivity contribution in [2.24, 2.45) is 17.6 Å². The summed E-state index contributed by atoms with van der Waals surface area (Å²) in [6.45, 7) is 2.21. The van der Waals surface area contributed by atoms with Crippen molar-refractivity contribution in [1.82, 2.24) is 0 Å². The maximum absolute atomic E-state index is 10.5. The van der Waals surface area contributed by atoms with Gasteiger partial charge in [0.15, 0.2) is 0 Å². The van der Waals surface area contributed by atoms with Crippen molar-refractivity contribution in [3.8, 4) is 0 Å². The first kappa shape index (κ1) is 11.1. The van der Waals surface area contributed by atoms with E-state index < -0.39 is 0 Å². The first-order chi connectivity index (χ1) is 7.58. The molecule has 0 radical (unpaired) electrons. The van der Waals surface area contributed by atoms with E-state index in [1.54, 1.807) is 24.3 Å². The maximum atomic E-state index is 10.5. The first-order valence-corrected chi connectivity index (χ1v) is 5.57. The molecule has 1 saturated carbocycles. The van der Waals surface area contributed by atoms with Crippen molar-refractivity contribution in [1.29, 1.82) is 0 Å². The van der Waals surface area contributed by atoms with E-state index in [4.69, 9.17) is 5.73 Å². The maximum Gasteiger partial charge on any atom is 0.269 e. The van der Waals surface area contributed by atoms with Crippen LogP contribution >= 0.6 is 0 Å². The van der Waals surface area contributed by atoms with E-state index in [2.05, 4.69) is 6.92 Å². The Balaban J connectivity index is 1.97. The van der Waals surface area contributed by atoms with Gasteiger partial charge in [-0.25, -0.2) is 0 Å². The zero-order valence-electron chi connectivity index (χ0n) is 9.30. The molecular weight excluding hydrogens is 204 g/mol. The summed E-state index contributed by atoms with van der Waals surface area (Å²) in [5, 5.41) is 10.5. The Bertz CT molecular complexity index is 389. The SMILES string of the molecule is CC1CC1C(N)Cc1ccc([N+](=O)[O-])cc1. The van der Waals surface area contributed by atoms with Crippen LogP contribution in [0.4, 0.5) is 5.69 Å². The predicted molar refractivity (Wildman–Crippen MR) is 62.0 cm³/mol. The highest BCUT2D eigenvalue weighted by atomic mass is 16.6. The molecular formula is C12H16N2O2. The van der Waals surface area contributed by atoms with Crippen molar-refractivity contribution < 1.29 is 4.92 Å². The van der Waals surface area contributed by atoms with Crippen LogP contribution in [0.1, 0.15) is 18.9 Å². The van der Waals surface area contributed by atoms with E-state index in [-0.39, 0.29) is 16.7 Å². The second-order valence-corrected chi connectivity index (χ2v) is 4.67. The lowest BCUT2D eigenvalue weighted by Gasteiger charge is -2.10. The minimum atomic E-state index is -0.382. The van der Waals surface area contributed by atoms with Gasteiger partial charge in [0.2, 0.25) is 0 Å². The van der Waals surface area contributed by atoms with Gasteiger partial charge in [-0.2, -0.15) is 0 Å². The van der Waals surface area contributed by atoms with E-state index in [1.807, 2.05) is 0 Å². The third-order valence-electron chi connectivity index (χ3n) is 3.34. The average Bonchev–Trinajstić information content (AvgIpc) is 2.96. The molecule has 0 amide bonds. The minimum Gasteiger partial charge on any atom is -0.327 e. The second kappa shape index (κ2) is 4.22. The van der Waals surface area contributed by atoms with Crippen LogP contribution in [0.15, 0.2) is 24.3 Å². The number of hydrogen-bond donors (Lipinski definition) is 1. The van der Waals surface area contributed by atoms with Crippen molar-refractivity contribution in [3.05, 3.63) is 39.9 Å². The molecule has 0 bridgehead atoms. The molecule has 16 heavy (non-hydrogen) atoms. The molecule has 1 fully saturated rings.